The van der Waals surface area contributed by atoms with Crippen LogP contribution in [0.15, 0.2) is 24.3 Å². The van der Waals surface area contributed by atoms with Crippen LogP contribution in [0.3, 0.4) is 0 Å². The second-order valence-corrected chi connectivity index (χ2v) is 6.99. The fourth-order valence-corrected chi connectivity index (χ4v) is 3.15. The smallest absolute Gasteiger partial charge is 0.190 e. The van der Waals surface area contributed by atoms with E-state index >= 15 is 0 Å². The molecule has 1 aromatic heterocycles. The van der Waals surface area contributed by atoms with E-state index in [1.807, 2.05) is 0 Å². The van der Waals surface area contributed by atoms with Gasteiger partial charge in [-0.15, -0.1) is 0 Å². The molecule has 2 rings (SSSR count). The highest BCUT2D eigenvalue weighted by atomic mass is 32.1. The minimum Gasteiger partial charge on any atom is -0.321 e. The van der Waals surface area contributed by atoms with Crippen LogP contribution in [0, 0.1) is 19.8 Å². The molecule has 3 nitrogen and oxygen atoms in total. The third-order valence-electron chi connectivity index (χ3n) is 3.40. The zero-order valence-electron chi connectivity index (χ0n) is 13.6. The largest absolute Gasteiger partial charge is 0.321 e. The Hall–Kier alpha value is -1.39. The summed E-state index contributed by atoms with van der Waals surface area (Å²) in [6.45, 7) is 10.6. The van der Waals surface area contributed by atoms with Crippen molar-refractivity contribution in [3.05, 3.63) is 40.4 Å². The second-order valence-electron chi connectivity index (χ2n) is 5.93. The minimum atomic E-state index is 0.674. The van der Waals surface area contributed by atoms with Gasteiger partial charge >= 0.3 is 0 Å². The molecule has 0 amide bonds. The molecule has 0 saturated heterocycles. The summed E-state index contributed by atoms with van der Waals surface area (Å²) in [5, 5.41) is 4.55. The molecule has 0 aliphatic heterocycles. The van der Waals surface area contributed by atoms with E-state index in [-0.39, 0.29) is 0 Å². The number of rotatable bonds is 6. The summed E-state index contributed by atoms with van der Waals surface area (Å²) in [7, 11) is 2.08. The monoisotopic (exact) mass is 303 g/mol. The molecule has 1 heterocycles. The number of hydrogen-bond donors (Lipinski definition) is 1. The minimum absolute atomic E-state index is 0.674. The molecule has 21 heavy (non-hydrogen) atoms. The molecule has 0 fully saturated rings. The number of nitrogens with zero attached hydrogens (tertiary/aromatic N) is 2. The number of aryl methyl sites for hydroxylation is 2. The fourth-order valence-electron chi connectivity index (χ4n) is 2.14. The van der Waals surface area contributed by atoms with Crippen molar-refractivity contribution < 1.29 is 0 Å². The van der Waals surface area contributed by atoms with E-state index in [1.54, 1.807) is 11.3 Å². The molecule has 0 aliphatic carbocycles. The lowest BCUT2D eigenvalue weighted by Crippen LogP contribution is -2.18. The Labute approximate surface area is 132 Å². The van der Waals surface area contributed by atoms with Gasteiger partial charge in [-0.3, -0.25) is 0 Å². The number of thiazole rings is 1. The van der Waals surface area contributed by atoms with Crippen LogP contribution >= 0.6 is 11.3 Å². The van der Waals surface area contributed by atoms with Gasteiger partial charge in [-0.2, -0.15) is 0 Å². The Balaban J connectivity index is 2.10. The van der Waals surface area contributed by atoms with Crippen molar-refractivity contribution in [1.29, 1.82) is 0 Å². The van der Waals surface area contributed by atoms with Crippen LogP contribution in [0.1, 0.15) is 30.0 Å². The van der Waals surface area contributed by atoms with Crippen LogP contribution in [0.2, 0.25) is 0 Å². The lowest BCUT2D eigenvalue weighted by molar-refractivity contribution is 0.554. The quantitative estimate of drug-likeness (QED) is 0.863. The molecule has 114 valence electrons. The number of anilines is 2. The molecular formula is C17H25N3S. The lowest BCUT2D eigenvalue weighted by atomic mass is 10.2. The Morgan fingerprint density at radius 1 is 1.29 bits per heavy atom. The molecule has 4 heteroatoms. The second kappa shape index (κ2) is 7.05. The Kier molecular flexibility index (Phi) is 5.37. The summed E-state index contributed by atoms with van der Waals surface area (Å²) >= 11 is 1.77. The van der Waals surface area contributed by atoms with Gasteiger partial charge in [0, 0.05) is 24.2 Å². The van der Waals surface area contributed by atoms with Crippen LogP contribution in [-0.2, 0) is 6.54 Å². The van der Waals surface area contributed by atoms with Crippen molar-refractivity contribution in [3.8, 4) is 0 Å². The third-order valence-corrected chi connectivity index (χ3v) is 4.63. The first-order chi connectivity index (χ1) is 9.97. The highest BCUT2D eigenvalue weighted by Crippen LogP contribution is 2.30. The first-order valence-electron chi connectivity index (χ1n) is 7.44. The van der Waals surface area contributed by atoms with E-state index in [0.29, 0.717) is 5.92 Å². The number of nitrogens with one attached hydrogen (secondary N) is 1. The Morgan fingerprint density at radius 3 is 2.71 bits per heavy atom. The van der Waals surface area contributed by atoms with Crippen LogP contribution in [0.25, 0.3) is 0 Å². The summed E-state index contributed by atoms with van der Waals surface area (Å²) in [5.74, 6) is 0.674. The summed E-state index contributed by atoms with van der Waals surface area (Å²) in [5.41, 5.74) is 3.59. The highest BCUT2D eigenvalue weighted by Gasteiger charge is 2.12. The van der Waals surface area contributed by atoms with Crippen molar-refractivity contribution in [1.82, 2.24) is 10.3 Å². The van der Waals surface area contributed by atoms with Gasteiger partial charge < -0.3 is 10.2 Å². The Morgan fingerprint density at radius 2 is 2.05 bits per heavy atom. The normalized spacial score (nSPS) is 11.1. The highest BCUT2D eigenvalue weighted by molar-refractivity contribution is 7.15. The maximum atomic E-state index is 4.72. The first-order valence-corrected chi connectivity index (χ1v) is 8.26. The predicted octanol–water partition coefficient (Wildman–Crippen LogP) is 4.27. The molecule has 0 spiro atoms. The number of aromatic nitrogens is 1. The van der Waals surface area contributed by atoms with E-state index in [0.717, 1.165) is 23.9 Å². The maximum absolute atomic E-state index is 4.72. The van der Waals surface area contributed by atoms with Gasteiger partial charge in [0.05, 0.1) is 5.69 Å². The molecule has 0 unspecified atom stereocenters. The van der Waals surface area contributed by atoms with E-state index in [9.17, 15) is 0 Å². The fraction of sp³-hybridized carbons (Fsp3) is 0.471. The standard InChI is InChI=1S/C17H25N3S/c1-12(2)10-18-11-16-14(4)19-17(21-16)20(5)15-8-6-7-13(3)9-15/h6-9,12,18H,10-11H2,1-5H3. The zero-order valence-corrected chi connectivity index (χ0v) is 14.4. The summed E-state index contributed by atoms with van der Waals surface area (Å²) in [4.78, 5) is 8.21. The van der Waals surface area contributed by atoms with Gasteiger partial charge in [0.25, 0.3) is 0 Å². The van der Waals surface area contributed by atoms with Gasteiger partial charge in [-0.05, 0) is 44.0 Å². The van der Waals surface area contributed by atoms with E-state index in [1.165, 1.54) is 16.1 Å². The molecule has 1 N–H and O–H groups in total. The van der Waals surface area contributed by atoms with E-state index in [4.69, 9.17) is 4.98 Å². The SMILES string of the molecule is Cc1cccc(N(C)c2nc(C)c(CNCC(C)C)s2)c1. The van der Waals surface area contributed by atoms with Gasteiger partial charge in [0.1, 0.15) is 0 Å². The molecule has 0 bridgehead atoms. The van der Waals surface area contributed by atoms with Crippen molar-refractivity contribution in [2.45, 2.75) is 34.2 Å². The third kappa shape index (κ3) is 4.29. The topological polar surface area (TPSA) is 28.2 Å². The number of benzene rings is 1. The molecular weight excluding hydrogens is 278 g/mol. The predicted molar refractivity (Wildman–Crippen MR) is 92.6 cm³/mol. The molecule has 0 atom stereocenters. The van der Waals surface area contributed by atoms with E-state index in [2.05, 4.69) is 69.2 Å². The number of hydrogen-bond acceptors (Lipinski definition) is 4. The van der Waals surface area contributed by atoms with Gasteiger partial charge in [0.2, 0.25) is 0 Å². The lowest BCUT2D eigenvalue weighted by Gasteiger charge is -2.16. The Bertz CT molecular complexity index is 589. The first kappa shape index (κ1) is 16.0. The molecule has 2 aromatic rings. The van der Waals surface area contributed by atoms with Crippen LogP contribution in [0.5, 0.6) is 0 Å². The van der Waals surface area contributed by atoms with Crippen molar-refractivity contribution in [2.24, 2.45) is 5.92 Å². The van der Waals surface area contributed by atoms with Gasteiger partial charge in [-0.1, -0.05) is 37.3 Å². The van der Waals surface area contributed by atoms with Crippen LogP contribution < -0.4 is 10.2 Å². The van der Waals surface area contributed by atoms with Gasteiger partial charge in [-0.25, -0.2) is 4.98 Å². The van der Waals surface area contributed by atoms with Gasteiger partial charge in [0.15, 0.2) is 5.13 Å². The van der Waals surface area contributed by atoms with Crippen LogP contribution in [0.4, 0.5) is 10.8 Å². The van der Waals surface area contributed by atoms with Crippen molar-refractivity contribution in [3.63, 3.8) is 0 Å². The zero-order chi connectivity index (χ0) is 15.4. The summed E-state index contributed by atoms with van der Waals surface area (Å²) in [6.07, 6.45) is 0. The summed E-state index contributed by atoms with van der Waals surface area (Å²) in [6, 6.07) is 8.52. The molecule has 1 aromatic carbocycles. The summed E-state index contributed by atoms with van der Waals surface area (Å²) < 4.78 is 0. The maximum Gasteiger partial charge on any atom is 0.190 e. The van der Waals surface area contributed by atoms with Crippen molar-refractivity contribution in [2.75, 3.05) is 18.5 Å². The van der Waals surface area contributed by atoms with Crippen LogP contribution in [-0.4, -0.2) is 18.6 Å². The van der Waals surface area contributed by atoms with E-state index < -0.39 is 0 Å². The average Bonchev–Trinajstić information content (AvgIpc) is 2.79. The van der Waals surface area contributed by atoms with Crippen molar-refractivity contribution >= 4 is 22.2 Å². The molecule has 0 radical (unpaired) electrons. The molecule has 0 saturated carbocycles. The molecule has 0 aliphatic rings. The average molecular weight is 303 g/mol.